The summed E-state index contributed by atoms with van der Waals surface area (Å²) in [7, 11) is 0. The molecule has 0 aliphatic rings. The molecule has 0 N–H and O–H groups in total. The van der Waals surface area contributed by atoms with Crippen molar-refractivity contribution in [1.29, 1.82) is 0 Å². The van der Waals surface area contributed by atoms with Gasteiger partial charge >= 0.3 is 0 Å². The number of benzene rings is 1. The molecule has 0 saturated carbocycles. The molecule has 0 fully saturated rings. The average Bonchev–Trinajstić information content (AvgIpc) is 1.99. The normalized spacial score (nSPS) is 9.92. The first-order valence-corrected chi connectivity index (χ1v) is 4.60. The van der Waals surface area contributed by atoms with E-state index in [0.29, 0.717) is 0 Å². The molecule has 13 heavy (non-hydrogen) atoms. The summed E-state index contributed by atoms with van der Waals surface area (Å²) in [6.07, 6.45) is 0. The Kier molecular flexibility index (Phi) is 2.86. The van der Waals surface area contributed by atoms with Crippen LogP contribution in [0.3, 0.4) is 0 Å². The molecule has 0 unspecified atom stereocenters. The molecule has 1 nitrogen and oxygen atoms in total. The van der Waals surface area contributed by atoms with E-state index in [1.165, 1.54) is 16.7 Å². The fourth-order valence-corrected chi connectivity index (χ4v) is 1.31. The summed E-state index contributed by atoms with van der Waals surface area (Å²) < 4.78 is 0. The lowest BCUT2D eigenvalue weighted by Crippen LogP contribution is -1.86. The second kappa shape index (κ2) is 3.73. The Labute approximate surface area is 80.5 Å². The summed E-state index contributed by atoms with van der Waals surface area (Å²) in [6, 6.07) is 4.34. The molecular formula is C12H17N. The molecule has 0 amide bonds. The molecule has 0 atom stereocenters. The molecule has 0 bridgehead atoms. The van der Waals surface area contributed by atoms with E-state index in [-0.39, 0.29) is 0 Å². The lowest BCUT2D eigenvalue weighted by atomic mass is 10.1. The maximum atomic E-state index is 4.48. The molecule has 1 aromatic rings. The van der Waals surface area contributed by atoms with Gasteiger partial charge in [0.2, 0.25) is 0 Å². The summed E-state index contributed by atoms with van der Waals surface area (Å²) in [4.78, 5) is 4.48. The van der Waals surface area contributed by atoms with Crippen LogP contribution in [0.15, 0.2) is 17.1 Å². The fourth-order valence-electron chi connectivity index (χ4n) is 1.31. The Balaban J connectivity index is 3.24. The Bertz CT molecular complexity index is 344. The molecule has 70 valence electrons. The van der Waals surface area contributed by atoms with Crippen molar-refractivity contribution in [1.82, 2.24) is 0 Å². The standard InChI is InChI=1S/C12H17N/c1-8(2)13-12-7-10(4)9(3)6-11(12)5/h6-7H,1-5H3. The maximum absolute atomic E-state index is 4.48. The van der Waals surface area contributed by atoms with Crippen LogP contribution in [0.2, 0.25) is 0 Å². The zero-order valence-electron chi connectivity index (χ0n) is 9.10. The molecule has 0 aromatic heterocycles. The summed E-state index contributed by atoms with van der Waals surface area (Å²) in [5, 5.41) is 0. The highest BCUT2D eigenvalue weighted by Crippen LogP contribution is 2.22. The summed E-state index contributed by atoms with van der Waals surface area (Å²) in [5.74, 6) is 0. The van der Waals surface area contributed by atoms with E-state index in [0.717, 1.165) is 11.4 Å². The van der Waals surface area contributed by atoms with Crippen molar-refractivity contribution < 1.29 is 0 Å². The maximum Gasteiger partial charge on any atom is 0.0660 e. The Morgan fingerprint density at radius 3 is 2.00 bits per heavy atom. The highest BCUT2D eigenvalue weighted by Gasteiger charge is 1.99. The Hall–Kier alpha value is -1.11. The van der Waals surface area contributed by atoms with Gasteiger partial charge in [-0.3, -0.25) is 4.99 Å². The van der Waals surface area contributed by atoms with Crippen LogP contribution in [0.25, 0.3) is 0 Å². The highest BCUT2D eigenvalue weighted by molar-refractivity contribution is 5.82. The van der Waals surface area contributed by atoms with E-state index in [1.807, 2.05) is 13.8 Å². The highest BCUT2D eigenvalue weighted by atomic mass is 14.7. The van der Waals surface area contributed by atoms with E-state index < -0.39 is 0 Å². The topological polar surface area (TPSA) is 12.4 Å². The minimum atomic E-state index is 1.10. The first-order valence-electron chi connectivity index (χ1n) is 4.60. The number of nitrogens with zero attached hydrogens (tertiary/aromatic N) is 1. The Morgan fingerprint density at radius 2 is 1.46 bits per heavy atom. The van der Waals surface area contributed by atoms with Gasteiger partial charge in [0.25, 0.3) is 0 Å². The van der Waals surface area contributed by atoms with Gasteiger partial charge in [-0.1, -0.05) is 6.07 Å². The molecule has 0 aliphatic carbocycles. The zero-order valence-corrected chi connectivity index (χ0v) is 9.10. The second-order valence-electron chi connectivity index (χ2n) is 3.78. The molecule has 1 rings (SSSR count). The van der Waals surface area contributed by atoms with Crippen LogP contribution in [0, 0.1) is 20.8 Å². The minimum absolute atomic E-state index is 1.10. The van der Waals surface area contributed by atoms with E-state index in [4.69, 9.17) is 0 Å². The van der Waals surface area contributed by atoms with Crippen molar-refractivity contribution >= 4 is 11.4 Å². The predicted molar refractivity (Wildman–Crippen MR) is 59.1 cm³/mol. The van der Waals surface area contributed by atoms with Crippen LogP contribution in [0.1, 0.15) is 30.5 Å². The van der Waals surface area contributed by atoms with Crippen molar-refractivity contribution in [2.24, 2.45) is 4.99 Å². The molecule has 0 spiro atoms. The van der Waals surface area contributed by atoms with Crippen LogP contribution < -0.4 is 0 Å². The molecule has 0 aliphatic heterocycles. The van der Waals surface area contributed by atoms with Crippen molar-refractivity contribution in [3.63, 3.8) is 0 Å². The molecule has 0 saturated heterocycles. The van der Waals surface area contributed by atoms with E-state index in [1.54, 1.807) is 0 Å². The lowest BCUT2D eigenvalue weighted by molar-refractivity contribution is 1.27. The van der Waals surface area contributed by atoms with E-state index >= 15 is 0 Å². The summed E-state index contributed by atoms with van der Waals surface area (Å²) in [6.45, 7) is 10.4. The van der Waals surface area contributed by atoms with Crippen molar-refractivity contribution in [2.45, 2.75) is 34.6 Å². The van der Waals surface area contributed by atoms with Gasteiger partial charge in [0.15, 0.2) is 0 Å². The molecule has 1 heteroatoms. The van der Waals surface area contributed by atoms with Crippen LogP contribution in [-0.2, 0) is 0 Å². The first kappa shape index (κ1) is 9.97. The van der Waals surface area contributed by atoms with Gasteiger partial charge in [-0.05, 0) is 57.4 Å². The van der Waals surface area contributed by atoms with Crippen molar-refractivity contribution in [2.75, 3.05) is 0 Å². The van der Waals surface area contributed by atoms with Gasteiger partial charge < -0.3 is 0 Å². The van der Waals surface area contributed by atoms with E-state index in [2.05, 4.69) is 37.9 Å². The molecule has 1 aromatic carbocycles. The van der Waals surface area contributed by atoms with Crippen LogP contribution in [0.5, 0.6) is 0 Å². The smallest absolute Gasteiger partial charge is 0.0660 e. The van der Waals surface area contributed by atoms with E-state index in [9.17, 15) is 0 Å². The van der Waals surface area contributed by atoms with Gasteiger partial charge in [0, 0.05) is 5.71 Å². The predicted octanol–water partition coefficient (Wildman–Crippen LogP) is 3.72. The third-order valence-corrected chi connectivity index (χ3v) is 2.16. The number of aliphatic imine (C=N–C) groups is 1. The van der Waals surface area contributed by atoms with Crippen molar-refractivity contribution in [3.05, 3.63) is 28.8 Å². The lowest BCUT2D eigenvalue weighted by Gasteiger charge is -2.05. The zero-order chi connectivity index (χ0) is 10.0. The van der Waals surface area contributed by atoms with Gasteiger partial charge in [-0.25, -0.2) is 0 Å². The third kappa shape index (κ3) is 2.41. The molecular weight excluding hydrogens is 158 g/mol. The van der Waals surface area contributed by atoms with Gasteiger partial charge in [0.1, 0.15) is 0 Å². The fraction of sp³-hybridized carbons (Fsp3) is 0.417. The summed E-state index contributed by atoms with van der Waals surface area (Å²) in [5.41, 5.74) is 6.11. The van der Waals surface area contributed by atoms with Crippen LogP contribution >= 0.6 is 0 Å². The SMILES string of the molecule is CC(C)=Nc1cc(C)c(C)cc1C. The van der Waals surface area contributed by atoms with Crippen LogP contribution in [0.4, 0.5) is 5.69 Å². The number of rotatable bonds is 1. The average molecular weight is 175 g/mol. The van der Waals surface area contributed by atoms with Gasteiger partial charge in [0.05, 0.1) is 5.69 Å². The van der Waals surface area contributed by atoms with Crippen molar-refractivity contribution in [3.8, 4) is 0 Å². The number of hydrogen-bond acceptors (Lipinski definition) is 1. The molecule has 0 radical (unpaired) electrons. The number of hydrogen-bond donors (Lipinski definition) is 0. The number of aryl methyl sites for hydroxylation is 3. The van der Waals surface area contributed by atoms with Crippen LogP contribution in [-0.4, -0.2) is 5.71 Å². The Morgan fingerprint density at radius 1 is 0.923 bits per heavy atom. The quantitative estimate of drug-likeness (QED) is 0.577. The monoisotopic (exact) mass is 175 g/mol. The second-order valence-corrected chi connectivity index (χ2v) is 3.78. The van der Waals surface area contributed by atoms with Gasteiger partial charge in [-0.15, -0.1) is 0 Å². The third-order valence-electron chi connectivity index (χ3n) is 2.16. The molecule has 0 heterocycles. The minimum Gasteiger partial charge on any atom is -0.258 e. The largest absolute Gasteiger partial charge is 0.258 e. The first-order chi connectivity index (χ1) is 6.00. The van der Waals surface area contributed by atoms with Gasteiger partial charge in [-0.2, -0.15) is 0 Å². The summed E-state index contributed by atoms with van der Waals surface area (Å²) >= 11 is 0.